The van der Waals surface area contributed by atoms with Gasteiger partial charge in [0.1, 0.15) is 16.5 Å². The Morgan fingerprint density at radius 1 is 1.28 bits per heavy atom. The van der Waals surface area contributed by atoms with E-state index in [2.05, 4.69) is 26.3 Å². The number of hydrogen-bond donors (Lipinski definition) is 2. The van der Waals surface area contributed by atoms with Crippen LogP contribution < -0.4 is 5.32 Å². The fourth-order valence-corrected chi connectivity index (χ4v) is 4.50. The second kappa shape index (κ2) is 8.81. The number of aromatic amines is 1. The molecule has 0 bridgehead atoms. The van der Waals surface area contributed by atoms with E-state index in [4.69, 9.17) is 9.72 Å². The molecule has 1 amide bonds. The molecule has 0 aliphatic rings. The number of aryl methyl sites for hydroxylation is 1. The fourth-order valence-electron chi connectivity index (χ4n) is 2.99. The SMILES string of the molecule is COCCCC(=O)NCc1nc(-c2ccc3ncsc3c2)c(-c2nc(C)cs2)[nH]1. The Morgan fingerprint density at radius 2 is 2.17 bits per heavy atom. The largest absolute Gasteiger partial charge is 0.385 e. The van der Waals surface area contributed by atoms with E-state index in [-0.39, 0.29) is 5.91 Å². The van der Waals surface area contributed by atoms with Gasteiger partial charge in [0, 0.05) is 36.8 Å². The zero-order valence-electron chi connectivity index (χ0n) is 16.2. The van der Waals surface area contributed by atoms with Crippen LogP contribution in [0.1, 0.15) is 24.4 Å². The van der Waals surface area contributed by atoms with Gasteiger partial charge in [0.15, 0.2) is 0 Å². The molecule has 0 aliphatic carbocycles. The molecule has 0 fully saturated rings. The molecule has 0 aliphatic heterocycles. The van der Waals surface area contributed by atoms with Crippen LogP contribution in [0.4, 0.5) is 0 Å². The summed E-state index contributed by atoms with van der Waals surface area (Å²) in [4.78, 5) is 29.1. The summed E-state index contributed by atoms with van der Waals surface area (Å²) in [5, 5.41) is 5.82. The van der Waals surface area contributed by atoms with E-state index in [0.29, 0.717) is 31.8 Å². The van der Waals surface area contributed by atoms with Gasteiger partial charge >= 0.3 is 0 Å². The molecule has 0 spiro atoms. The van der Waals surface area contributed by atoms with Crippen molar-refractivity contribution < 1.29 is 9.53 Å². The first-order valence-electron chi connectivity index (χ1n) is 9.24. The third kappa shape index (κ3) is 4.52. The minimum atomic E-state index is -0.0160. The van der Waals surface area contributed by atoms with Crippen LogP contribution in [0, 0.1) is 6.92 Å². The van der Waals surface area contributed by atoms with Crippen molar-refractivity contribution in [3.63, 3.8) is 0 Å². The number of imidazole rings is 1. The molecule has 0 saturated carbocycles. The van der Waals surface area contributed by atoms with E-state index in [1.165, 1.54) is 0 Å². The van der Waals surface area contributed by atoms with Crippen LogP contribution in [0.15, 0.2) is 29.1 Å². The van der Waals surface area contributed by atoms with Gasteiger partial charge in [-0.3, -0.25) is 4.79 Å². The van der Waals surface area contributed by atoms with Gasteiger partial charge in [-0.25, -0.2) is 15.0 Å². The molecule has 0 radical (unpaired) electrons. The third-order valence-electron chi connectivity index (χ3n) is 4.40. The van der Waals surface area contributed by atoms with Crippen LogP contribution in [0.25, 0.3) is 32.2 Å². The summed E-state index contributed by atoms with van der Waals surface area (Å²) in [5.74, 6) is 0.685. The lowest BCUT2D eigenvalue weighted by atomic mass is 10.1. The van der Waals surface area contributed by atoms with Crippen LogP contribution in [0.2, 0.25) is 0 Å². The second-order valence-electron chi connectivity index (χ2n) is 6.61. The number of amides is 1. The van der Waals surface area contributed by atoms with Crippen molar-refractivity contribution in [2.75, 3.05) is 13.7 Å². The quantitative estimate of drug-likeness (QED) is 0.412. The minimum absolute atomic E-state index is 0.0160. The van der Waals surface area contributed by atoms with E-state index in [9.17, 15) is 4.79 Å². The van der Waals surface area contributed by atoms with Gasteiger partial charge in [-0.2, -0.15) is 0 Å². The first-order valence-corrected chi connectivity index (χ1v) is 11.0. The average Bonchev–Trinajstić information content (AvgIpc) is 3.45. The van der Waals surface area contributed by atoms with Crippen LogP contribution in [0.3, 0.4) is 0 Å². The number of hydrogen-bond acceptors (Lipinski definition) is 7. The van der Waals surface area contributed by atoms with E-state index >= 15 is 0 Å². The molecule has 4 rings (SSSR count). The number of nitrogens with one attached hydrogen (secondary N) is 2. The summed E-state index contributed by atoms with van der Waals surface area (Å²) >= 11 is 3.18. The Morgan fingerprint density at radius 3 is 2.97 bits per heavy atom. The number of methoxy groups -OCH3 is 1. The molecule has 150 valence electrons. The second-order valence-corrected chi connectivity index (χ2v) is 8.35. The van der Waals surface area contributed by atoms with E-state index in [1.54, 1.807) is 29.8 Å². The predicted octanol–water partition coefficient (Wildman–Crippen LogP) is 4.16. The van der Waals surface area contributed by atoms with Gasteiger partial charge < -0.3 is 15.0 Å². The van der Waals surface area contributed by atoms with Gasteiger partial charge in [-0.05, 0) is 25.5 Å². The van der Waals surface area contributed by atoms with Crippen molar-refractivity contribution in [3.05, 3.63) is 40.6 Å². The van der Waals surface area contributed by atoms with E-state index in [1.807, 2.05) is 29.9 Å². The van der Waals surface area contributed by atoms with Crippen LogP contribution in [-0.2, 0) is 16.1 Å². The lowest BCUT2D eigenvalue weighted by molar-refractivity contribution is -0.121. The highest BCUT2D eigenvalue weighted by Crippen LogP contribution is 2.34. The number of carbonyl (C=O) groups excluding carboxylic acids is 1. The summed E-state index contributed by atoms with van der Waals surface area (Å²) < 4.78 is 6.10. The summed E-state index contributed by atoms with van der Waals surface area (Å²) in [6, 6.07) is 6.12. The Labute approximate surface area is 176 Å². The molecular weight excluding hydrogens is 406 g/mol. The zero-order valence-corrected chi connectivity index (χ0v) is 17.8. The highest BCUT2D eigenvalue weighted by atomic mass is 32.1. The number of aromatic nitrogens is 4. The highest BCUT2D eigenvalue weighted by Gasteiger charge is 2.17. The number of H-pyrrole nitrogens is 1. The maximum atomic E-state index is 12.0. The van der Waals surface area contributed by atoms with Crippen molar-refractivity contribution in [3.8, 4) is 22.0 Å². The lowest BCUT2D eigenvalue weighted by Crippen LogP contribution is -2.23. The zero-order chi connectivity index (χ0) is 20.2. The molecule has 3 heterocycles. The standard InChI is InChI=1S/C20H21N5O2S2/c1-12-10-28-20(23-12)19-18(13-5-6-14-15(8-13)29-11-22-14)24-16(25-19)9-21-17(26)4-3-7-27-2/h5-6,8,10-11H,3-4,7,9H2,1-2H3,(H,21,26)(H,24,25). The molecule has 7 nitrogen and oxygen atoms in total. The topological polar surface area (TPSA) is 92.8 Å². The summed E-state index contributed by atoms with van der Waals surface area (Å²) in [5.41, 5.74) is 6.49. The summed E-state index contributed by atoms with van der Waals surface area (Å²) in [6.45, 7) is 2.89. The van der Waals surface area contributed by atoms with Crippen molar-refractivity contribution in [1.82, 2.24) is 25.3 Å². The fraction of sp³-hybridized carbons (Fsp3) is 0.300. The lowest BCUT2D eigenvalue weighted by Gasteiger charge is -2.02. The van der Waals surface area contributed by atoms with Crippen molar-refractivity contribution >= 4 is 38.8 Å². The molecule has 4 aromatic rings. The van der Waals surface area contributed by atoms with Gasteiger partial charge in [0.25, 0.3) is 0 Å². The first kappa shape index (κ1) is 19.7. The van der Waals surface area contributed by atoms with Crippen LogP contribution in [0.5, 0.6) is 0 Å². The van der Waals surface area contributed by atoms with E-state index < -0.39 is 0 Å². The smallest absolute Gasteiger partial charge is 0.220 e. The van der Waals surface area contributed by atoms with Gasteiger partial charge in [0.05, 0.1) is 28.0 Å². The van der Waals surface area contributed by atoms with Gasteiger partial charge in [-0.1, -0.05) is 6.07 Å². The first-order chi connectivity index (χ1) is 14.1. The molecule has 29 heavy (non-hydrogen) atoms. The molecule has 0 atom stereocenters. The number of thiazole rings is 2. The number of ether oxygens (including phenoxy) is 1. The van der Waals surface area contributed by atoms with Crippen molar-refractivity contribution in [1.29, 1.82) is 0 Å². The Bertz CT molecular complexity index is 1130. The third-order valence-corrected chi connectivity index (χ3v) is 6.17. The molecule has 3 aromatic heterocycles. The molecular formula is C20H21N5O2S2. The number of fused-ring (bicyclic) bond motifs is 1. The molecule has 9 heteroatoms. The molecule has 0 unspecified atom stereocenters. The molecule has 0 saturated heterocycles. The average molecular weight is 428 g/mol. The van der Waals surface area contributed by atoms with E-state index in [0.717, 1.165) is 37.9 Å². The van der Waals surface area contributed by atoms with Crippen molar-refractivity contribution in [2.24, 2.45) is 0 Å². The molecule has 1 aromatic carbocycles. The maximum absolute atomic E-state index is 12.0. The summed E-state index contributed by atoms with van der Waals surface area (Å²) in [6.07, 6.45) is 1.13. The number of rotatable bonds is 8. The van der Waals surface area contributed by atoms with Gasteiger partial charge in [-0.15, -0.1) is 22.7 Å². The normalized spacial score (nSPS) is 11.2. The number of nitrogens with zero attached hydrogens (tertiary/aromatic N) is 3. The van der Waals surface area contributed by atoms with Crippen LogP contribution in [-0.4, -0.2) is 39.6 Å². The Balaban J connectivity index is 1.61. The number of carbonyl (C=O) groups is 1. The monoisotopic (exact) mass is 427 g/mol. The van der Waals surface area contributed by atoms with Crippen LogP contribution >= 0.6 is 22.7 Å². The Hall–Kier alpha value is -2.62. The van der Waals surface area contributed by atoms with Gasteiger partial charge in [0.2, 0.25) is 5.91 Å². The Kier molecular flexibility index (Phi) is 5.98. The minimum Gasteiger partial charge on any atom is -0.385 e. The highest BCUT2D eigenvalue weighted by molar-refractivity contribution is 7.16. The predicted molar refractivity (Wildman–Crippen MR) is 116 cm³/mol. The van der Waals surface area contributed by atoms with Crippen molar-refractivity contribution in [2.45, 2.75) is 26.3 Å². The number of benzene rings is 1. The maximum Gasteiger partial charge on any atom is 0.220 e. The summed E-state index contributed by atoms with van der Waals surface area (Å²) in [7, 11) is 1.63. The molecule has 2 N–H and O–H groups in total.